The smallest absolute Gasteiger partial charge is 0.123 e. The Morgan fingerprint density at radius 3 is 2.43 bits per heavy atom. The average Bonchev–Trinajstić information content (AvgIpc) is 2.94. The van der Waals surface area contributed by atoms with Gasteiger partial charge in [-0.05, 0) is 61.2 Å². The average molecular weight is 289 g/mol. The van der Waals surface area contributed by atoms with Gasteiger partial charge in [-0.1, -0.05) is 26.0 Å². The van der Waals surface area contributed by atoms with Crippen LogP contribution in [0, 0.1) is 17.7 Å². The van der Waals surface area contributed by atoms with Crippen molar-refractivity contribution < 1.29 is 8.81 Å². The molecule has 0 aliphatic heterocycles. The third-order valence-corrected chi connectivity index (χ3v) is 3.49. The van der Waals surface area contributed by atoms with Gasteiger partial charge in [-0.2, -0.15) is 0 Å². The molecule has 0 bridgehead atoms. The number of halogens is 1. The minimum atomic E-state index is -0.181. The molecular formula is C18H24FNO. The standard InChI is InChI=1S/C18H24FNO/c1-14(2)12-20-13-16(11-18-4-3-9-21-18)10-15-5-7-17(19)8-6-15/h3-9,14,16,20H,10-13H2,1-2H3. The first-order valence-corrected chi connectivity index (χ1v) is 7.61. The van der Waals surface area contributed by atoms with E-state index in [0.717, 1.165) is 31.7 Å². The maximum absolute atomic E-state index is 13.0. The van der Waals surface area contributed by atoms with Crippen LogP contribution in [-0.4, -0.2) is 13.1 Å². The van der Waals surface area contributed by atoms with Crippen molar-refractivity contribution in [2.24, 2.45) is 11.8 Å². The van der Waals surface area contributed by atoms with Crippen molar-refractivity contribution in [3.63, 3.8) is 0 Å². The van der Waals surface area contributed by atoms with Crippen molar-refractivity contribution in [1.82, 2.24) is 5.32 Å². The molecule has 0 saturated carbocycles. The Morgan fingerprint density at radius 2 is 1.81 bits per heavy atom. The van der Waals surface area contributed by atoms with Gasteiger partial charge in [-0.15, -0.1) is 0 Å². The van der Waals surface area contributed by atoms with Crippen LogP contribution in [0.3, 0.4) is 0 Å². The Morgan fingerprint density at radius 1 is 1.05 bits per heavy atom. The van der Waals surface area contributed by atoms with Gasteiger partial charge in [0, 0.05) is 6.42 Å². The zero-order chi connectivity index (χ0) is 15.1. The molecule has 114 valence electrons. The summed E-state index contributed by atoms with van der Waals surface area (Å²) in [7, 11) is 0. The fourth-order valence-electron chi connectivity index (χ4n) is 2.46. The topological polar surface area (TPSA) is 25.2 Å². The summed E-state index contributed by atoms with van der Waals surface area (Å²) in [5, 5.41) is 3.51. The normalized spacial score (nSPS) is 12.8. The lowest BCUT2D eigenvalue weighted by atomic mass is 9.95. The maximum atomic E-state index is 13.0. The zero-order valence-electron chi connectivity index (χ0n) is 12.8. The summed E-state index contributed by atoms with van der Waals surface area (Å²) in [5.41, 5.74) is 1.17. The second-order valence-electron chi connectivity index (χ2n) is 6.03. The van der Waals surface area contributed by atoms with E-state index in [0.29, 0.717) is 11.8 Å². The third-order valence-electron chi connectivity index (χ3n) is 3.49. The van der Waals surface area contributed by atoms with Crippen LogP contribution in [-0.2, 0) is 12.8 Å². The molecule has 0 spiro atoms. The molecule has 1 atom stereocenters. The van der Waals surface area contributed by atoms with Gasteiger partial charge in [0.1, 0.15) is 11.6 Å². The summed E-state index contributed by atoms with van der Waals surface area (Å²) in [6.45, 7) is 6.36. The third kappa shape index (κ3) is 5.72. The van der Waals surface area contributed by atoms with Crippen LogP contribution in [0.1, 0.15) is 25.2 Å². The van der Waals surface area contributed by atoms with Gasteiger partial charge in [-0.25, -0.2) is 4.39 Å². The summed E-state index contributed by atoms with van der Waals surface area (Å²) < 4.78 is 18.5. The molecule has 2 rings (SSSR count). The number of rotatable bonds is 8. The molecule has 1 aromatic carbocycles. The number of hydrogen-bond acceptors (Lipinski definition) is 2. The molecule has 0 radical (unpaired) electrons. The summed E-state index contributed by atoms with van der Waals surface area (Å²) >= 11 is 0. The van der Waals surface area contributed by atoms with E-state index >= 15 is 0 Å². The molecule has 3 heteroatoms. The molecule has 0 aliphatic carbocycles. The number of furan rings is 1. The molecule has 2 aromatic rings. The Balaban J connectivity index is 1.95. The largest absolute Gasteiger partial charge is 0.469 e. The lowest BCUT2D eigenvalue weighted by Gasteiger charge is -2.18. The summed E-state index contributed by atoms with van der Waals surface area (Å²) in [5.74, 6) is 1.91. The van der Waals surface area contributed by atoms with Crippen molar-refractivity contribution in [3.05, 3.63) is 59.8 Å². The van der Waals surface area contributed by atoms with Crippen LogP contribution in [0.25, 0.3) is 0 Å². The van der Waals surface area contributed by atoms with Gasteiger partial charge in [0.05, 0.1) is 6.26 Å². The van der Waals surface area contributed by atoms with Crippen molar-refractivity contribution in [3.8, 4) is 0 Å². The van der Waals surface area contributed by atoms with Crippen molar-refractivity contribution in [1.29, 1.82) is 0 Å². The van der Waals surface area contributed by atoms with Gasteiger partial charge in [-0.3, -0.25) is 0 Å². The maximum Gasteiger partial charge on any atom is 0.123 e. The van der Waals surface area contributed by atoms with Gasteiger partial charge in [0.2, 0.25) is 0 Å². The van der Waals surface area contributed by atoms with Gasteiger partial charge in [0.15, 0.2) is 0 Å². The van der Waals surface area contributed by atoms with Crippen molar-refractivity contribution in [2.75, 3.05) is 13.1 Å². The molecule has 0 amide bonds. The Bertz CT molecular complexity index is 505. The summed E-state index contributed by atoms with van der Waals surface area (Å²) in [6, 6.07) is 10.7. The van der Waals surface area contributed by atoms with Crippen LogP contribution in [0.5, 0.6) is 0 Å². The van der Waals surface area contributed by atoms with E-state index in [4.69, 9.17) is 4.42 Å². The van der Waals surface area contributed by atoms with Gasteiger partial charge < -0.3 is 9.73 Å². The molecule has 1 aromatic heterocycles. The highest BCUT2D eigenvalue weighted by molar-refractivity contribution is 5.17. The van der Waals surface area contributed by atoms with E-state index in [2.05, 4.69) is 19.2 Å². The van der Waals surface area contributed by atoms with Crippen LogP contribution in [0.2, 0.25) is 0 Å². The summed E-state index contributed by atoms with van der Waals surface area (Å²) in [6.07, 6.45) is 3.54. The first kappa shape index (κ1) is 15.8. The van der Waals surface area contributed by atoms with Crippen molar-refractivity contribution in [2.45, 2.75) is 26.7 Å². The van der Waals surface area contributed by atoms with E-state index in [1.807, 2.05) is 24.3 Å². The van der Waals surface area contributed by atoms with E-state index in [9.17, 15) is 4.39 Å². The predicted molar refractivity (Wildman–Crippen MR) is 83.7 cm³/mol. The Labute approximate surface area is 126 Å². The molecule has 1 heterocycles. The molecule has 2 nitrogen and oxygen atoms in total. The molecule has 21 heavy (non-hydrogen) atoms. The van der Waals surface area contributed by atoms with Crippen LogP contribution >= 0.6 is 0 Å². The number of hydrogen-bond donors (Lipinski definition) is 1. The zero-order valence-corrected chi connectivity index (χ0v) is 12.8. The first-order chi connectivity index (χ1) is 10.1. The van der Waals surface area contributed by atoms with Gasteiger partial charge >= 0.3 is 0 Å². The first-order valence-electron chi connectivity index (χ1n) is 7.61. The monoisotopic (exact) mass is 289 g/mol. The second kappa shape index (κ2) is 7.99. The molecular weight excluding hydrogens is 265 g/mol. The SMILES string of the molecule is CC(C)CNCC(Cc1ccc(F)cc1)Cc1ccco1. The molecule has 1 N–H and O–H groups in total. The molecule has 0 saturated heterocycles. The predicted octanol–water partition coefficient (Wildman–Crippen LogP) is 4.07. The van der Waals surface area contributed by atoms with Gasteiger partial charge in [0.25, 0.3) is 0 Å². The second-order valence-corrected chi connectivity index (χ2v) is 6.03. The Hall–Kier alpha value is -1.61. The quantitative estimate of drug-likeness (QED) is 0.792. The molecule has 0 fully saturated rings. The highest BCUT2D eigenvalue weighted by Crippen LogP contribution is 2.15. The molecule has 1 unspecified atom stereocenters. The Kier molecular flexibility index (Phi) is 6.00. The lowest BCUT2D eigenvalue weighted by molar-refractivity contribution is 0.404. The van der Waals surface area contributed by atoms with Crippen LogP contribution < -0.4 is 5.32 Å². The van der Waals surface area contributed by atoms with Crippen molar-refractivity contribution >= 4 is 0 Å². The number of nitrogens with one attached hydrogen (secondary N) is 1. The van der Waals surface area contributed by atoms with E-state index < -0.39 is 0 Å². The molecule has 0 aliphatic rings. The minimum Gasteiger partial charge on any atom is -0.469 e. The highest BCUT2D eigenvalue weighted by Gasteiger charge is 2.13. The van der Waals surface area contributed by atoms with Crippen LogP contribution in [0.4, 0.5) is 4.39 Å². The van der Waals surface area contributed by atoms with Crippen LogP contribution in [0.15, 0.2) is 47.1 Å². The van der Waals surface area contributed by atoms with E-state index in [-0.39, 0.29) is 5.82 Å². The summed E-state index contributed by atoms with van der Waals surface area (Å²) in [4.78, 5) is 0. The fourth-order valence-corrected chi connectivity index (χ4v) is 2.46. The number of benzene rings is 1. The fraction of sp³-hybridized carbons (Fsp3) is 0.444. The van der Waals surface area contributed by atoms with E-state index in [1.165, 1.54) is 17.7 Å². The highest BCUT2D eigenvalue weighted by atomic mass is 19.1. The van der Waals surface area contributed by atoms with E-state index in [1.54, 1.807) is 6.26 Å². The minimum absolute atomic E-state index is 0.181. The lowest BCUT2D eigenvalue weighted by Crippen LogP contribution is -2.28.